The molecular weight excluding hydrogens is 474 g/mol. The number of aromatic nitrogens is 1. The Kier molecular flexibility index (Phi) is 8.52. The molecule has 0 bridgehead atoms. The minimum absolute atomic E-state index is 0.0901. The van der Waals surface area contributed by atoms with Crippen LogP contribution in [0.25, 0.3) is 10.9 Å². The number of carbonyl (C=O) groups excluding carboxylic acids is 2. The molecule has 0 spiro atoms. The summed E-state index contributed by atoms with van der Waals surface area (Å²) in [6, 6.07) is 22.5. The summed E-state index contributed by atoms with van der Waals surface area (Å²) in [5.74, 6) is 1.50. The monoisotopic (exact) mass is 503 g/mol. The summed E-state index contributed by atoms with van der Waals surface area (Å²) in [6.07, 6.45) is 2.04. The van der Waals surface area contributed by atoms with E-state index in [1.165, 1.54) is 11.8 Å². The highest BCUT2D eigenvalue weighted by atomic mass is 32.2. The van der Waals surface area contributed by atoms with Crippen LogP contribution >= 0.6 is 11.8 Å². The number of carbonyl (C=O) groups is 2. The van der Waals surface area contributed by atoms with Crippen LogP contribution in [0.5, 0.6) is 11.5 Å². The van der Waals surface area contributed by atoms with E-state index in [-0.39, 0.29) is 17.6 Å². The standard InChI is InChI=1S/C28H29N3O4S/c1-3-35-22-13-11-20(12-14-22)28(33)29-15-16-31-18-26(24-9-4-5-10-25(24)31)36-19-27(32)30-21-7-6-8-23(17-21)34-2/h4-14,17-18H,3,15-16,19H2,1-2H3,(H,29,33)(H,30,32). The maximum Gasteiger partial charge on any atom is 0.251 e. The average Bonchev–Trinajstić information content (AvgIpc) is 3.26. The third kappa shape index (κ3) is 6.40. The number of para-hydroxylation sites is 1. The maximum atomic E-state index is 12.5. The van der Waals surface area contributed by atoms with Crippen molar-refractivity contribution in [2.24, 2.45) is 0 Å². The number of fused-ring (bicyclic) bond motifs is 1. The van der Waals surface area contributed by atoms with Gasteiger partial charge in [-0.15, -0.1) is 11.8 Å². The molecule has 3 aromatic carbocycles. The zero-order valence-electron chi connectivity index (χ0n) is 20.3. The molecule has 2 amide bonds. The molecular formula is C28H29N3O4S. The fourth-order valence-electron chi connectivity index (χ4n) is 3.82. The van der Waals surface area contributed by atoms with Crippen LogP contribution in [0, 0.1) is 0 Å². The Morgan fingerprint density at radius 1 is 0.972 bits per heavy atom. The van der Waals surface area contributed by atoms with Gasteiger partial charge in [0.2, 0.25) is 5.91 Å². The number of ether oxygens (including phenoxy) is 2. The molecule has 7 nitrogen and oxygen atoms in total. The van der Waals surface area contributed by atoms with Crippen molar-refractivity contribution in [2.45, 2.75) is 18.4 Å². The second-order valence-electron chi connectivity index (χ2n) is 7.99. The Labute approximate surface area is 214 Å². The summed E-state index contributed by atoms with van der Waals surface area (Å²) in [5.41, 5.74) is 2.35. The summed E-state index contributed by atoms with van der Waals surface area (Å²) in [5, 5.41) is 6.97. The normalized spacial score (nSPS) is 10.7. The van der Waals surface area contributed by atoms with Crippen molar-refractivity contribution in [2.75, 3.05) is 31.3 Å². The van der Waals surface area contributed by atoms with Crippen molar-refractivity contribution in [1.29, 1.82) is 0 Å². The van der Waals surface area contributed by atoms with Gasteiger partial charge in [0.05, 0.1) is 19.5 Å². The zero-order chi connectivity index (χ0) is 25.3. The van der Waals surface area contributed by atoms with Gasteiger partial charge in [0.1, 0.15) is 11.5 Å². The Morgan fingerprint density at radius 3 is 2.56 bits per heavy atom. The van der Waals surface area contributed by atoms with E-state index in [1.807, 2.05) is 55.6 Å². The summed E-state index contributed by atoms with van der Waals surface area (Å²) in [7, 11) is 1.60. The number of hydrogen-bond donors (Lipinski definition) is 2. The number of rotatable bonds is 11. The Bertz CT molecular complexity index is 1330. The quantitative estimate of drug-likeness (QED) is 0.275. The average molecular weight is 504 g/mol. The molecule has 4 rings (SSSR count). The first-order valence-electron chi connectivity index (χ1n) is 11.7. The van der Waals surface area contributed by atoms with Crippen LogP contribution in [0.3, 0.4) is 0 Å². The molecule has 0 saturated carbocycles. The van der Waals surface area contributed by atoms with Crippen molar-refractivity contribution in [3.05, 3.63) is 84.6 Å². The van der Waals surface area contributed by atoms with E-state index in [0.29, 0.717) is 36.7 Å². The van der Waals surface area contributed by atoms with E-state index in [2.05, 4.69) is 15.2 Å². The molecule has 0 atom stereocenters. The van der Waals surface area contributed by atoms with Crippen LogP contribution in [-0.2, 0) is 11.3 Å². The van der Waals surface area contributed by atoms with Crippen molar-refractivity contribution in [3.8, 4) is 11.5 Å². The third-order valence-corrected chi connectivity index (χ3v) is 6.57. The van der Waals surface area contributed by atoms with Gasteiger partial charge < -0.3 is 24.7 Å². The lowest BCUT2D eigenvalue weighted by Crippen LogP contribution is -2.27. The Balaban J connectivity index is 1.35. The molecule has 4 aromatic rings. The molecule has 1 aromatic heterocycles. The van der Waals surface area contributed by atoms with E-state index < -0.39 is 0 Å². The molecule has 2 N–H and O–H groups in total. The van der Waals surface area contributed by atoms with Gasteiger partial charge in [0, 0.05) is 52.4 Å². The lowest BCUT2D eigenvalue weighted by atomic mass is 10.2. The number of amides is 2. The fraction of sp³-hybridized carbons (Fsp3) is 0.214. The molecule has 1 heterocycles. The van der Waals surface area contributed by atoms with Crippen molar-refractivity contribution >= 4 is 40.2 Å². The number of anilines is 1. The van der Waals surface area contributed by atoms with Crippen molar-refractivity contribution in [1.82, 2.24) is 9.88 Å². The molecule has 0 radical (unpaired) electrons. The zero-order valence-corrected chi connectivity index (χ0v) is 21.1. The second kappa shape index (κ2) is 12.2. The van der Waals surface area contributed by atoms with Crippen LogP contribution in [0.15, 0.2) is 83.9 Å². The molecule has 0 fully saturated rings. The van der Waals surface area contributed by atoms with Gasteiger partial charge in [0.25, 0.3) is 5.91 Å². The van der Waals surface area contributed by atoms with Crippen LogP contribution in [0.4, 0.5) is 5.69 Å². The minimum Gasteiger partial charge on any atom is -0.497 e. The predicted octanol–water partition coefficient (Wildman–Crippen LogP) is 5.21. The maximum absolute atomic E-state index is 12.5. The summed E-state index contributed by atoms with van der Waals surface area (Å²) in [4.78, 5) is 26.1. The Hall–Kier alpha value is -3.91. The van der Waals surface area contributed by atoms with Crippen LogP contribution < -0.4 is 20.1 Å². The van der Waals surface area contributed by atoms with E-state index in [4.69, 9.17) is 9.47 Å². The summed E-state index contributed by atoms with van der Waals surface area (Å²) < 4.78 is 12.7. The molecule has 36 heavy (non-hydrogen) atoms. The topological polar surface area (TPSA) is 81.6 Å². The van der Waals surface area contributed by atoms with Crippen LogP contribution in [0.1, 0.15) is 17.3 Å². The number of nitrogens with one attached hydrogen (secondary N) is 2. The summed E-state index contributed by atoms with van der Waals surface area (Å²) >= 11 is 1.49. The van der Waals surface area contributed by atoms with E-state index in [1.54, 1.807) is 37.4 Å². The van der Waals surface area contributed by atoms with E-state index in [0.717, 1.165) is 21.5 Å². The molecule has 0 aliphatic carbocycles. The van der Waals surface area contributed by atoms with Gasteiger partial charge in [-0.1, -0.05) is 24.3 Å². The van der Waals surface area contributed by atoms with Gasteiger partial charge in [-0.3, -0.25) is 9.59 Å². The first-order valence-corrected chi connectivity index (χ1v) is 12.7. The molecule has 0 aliphatic heterocycles. The highest BCUT2D eigenvalue weighted by Crippen LogP contribution is 2.30. The number of thioether (sulfide) groups is 1. The van der Waals surface area contributed by atoms with Gasteiger partial charge in [-0.2, -0.15) is 0 Å². The lowest BCUT2D eigenvalue weighted by molar-refractivity contribution is -0.113. The third-order valence-electron chi connectivity index (χ3n) is 5.53. The van der Waals surface area contributed by atoms with Gasteiger partial charge in [-0.25, -0.2) is 0 Å². The lowest BCUT2D eigenvalue weighted by Gasteiger charge is -2.08. The van der Waals surface area contributed by atoms with Crippen LogP contribution in [0.2, 0.25) is 0 Å². The highest BCUT2D eigenvalue weighted by molar-refractivity contribution is 8.00. The van der Waals surface area contributed by atoms with Gasteiger partial charge in [-0.05, 0) is 49.4 Å². The number of hydrogen-bond acceptors (Lipinski definition) is 5. The Morgan fingerprint density at radius 2 is 1.78 bits per heavy atom. The van der Waals surface area contributed by atoms with Gasteiger partial charge >= 0.3 is 0 Å². The molecule has 8 heteroatoms. The van der Waals surface area contributed by atoms with E-state index >= 15 is 0 Å². The molecule has 0 unspecified atom stereocenters. The molecule has 0 aliphatic rings. The molecule has 0 saturated heterocycles. The number of methoxy groups -OCH3 is 1. The number of nitrogens with zero attached hydrogens (tertiary/aromatic N) is 1. The SMILES string of the molecule is CCOc1ccc(C(=O)NCCn2cc(SCC(=O)Nc3cccc(OC)c3)c3ccccc32)cc1. The first kappa shape index (κ1) is 25.2. The second-order valence-corrected chi connectivity index (χ2v) is 9.00. The minimum atomic E-state index is -0.127. The summed E-state index contributed by atoms with van der Waals surface area (Å²) in [6.45, 7) is 3.60. The van der Waals surface area contributed by atoms with E-state index in [9.17, 15) is 9.59 Å². The van der Waals surface area contributed by atoms with Crippen LogP contribution in [-0.4, -0.2) is 42.4 Å². The first-order chi connectivity index (χ1) is 17.6. The fourth-order valence-corrected chi connectivity index (χ4v) is 4.70. The highest BCUT2D eigenvalue weighted by Gasteiger charge is 2.12. The number of benzene rings is 3. The molecule has 186 valence electrons. The van der Waals surface area contributed by atoms with Crippen molar-refractivity contribution in [3.63, 3.8) is 0 Å². The largest absolute Gasteiger partial charge is 0.497 e. The smallest absolute Gasteiger partial charge is 0.251 e. The predicted molar refractivity (Wildman–Crippen MR) is 144 cm³/mol. The van der Waals surface area contributed by atoms with Crippen molar-refractivity contribution < 1.29 is 19.1 Å². The van der Waals surface area contributed by atoms with Gasteiger partial charge in [0.15, 0.2) is 0 Å².